The molecule has 188 valence electrons. The summed E-state index contributed by atoms with van der Waals surface area (Å²) in [4.78, 5) is 20.4. The SMILES string of the molecule is CCOc1ccc2nc(N(Cc3ccccc3)C(=O)C3CCCN3S(=O)(=O)c3ccc(Cl)s3)sc2c1. The van der Waals surface area contributed by atoms with Crippen molar-refractivity contribution in [2.24, 2.45) is 0 Å². The first-order valence-electron chi connectivity index (χ1n) is 11.5. The van der Waals surface area contributed by atoms with Gasteiger partial charge in [0.15, 0.2) is 5.13 Å². The van der Waals surface area contributed by atoms with Gasteiger partial charge in [0.2, 0.25) is 5.91 Å². The number of aromatic nitrogens is 1. The van der Waals surface area contributed by atoms with Crippen LogP contribution >= 0.6 is 34.3 Å². The van der Waals surface area contributed by atoms with Gasteiger partial charge in [-0.05, 0) is 55.7 Å². The predicted octanol–water partition coefficient (Wildman–Crippen LogP) is 5.80. The fraction of sp³-hybridized carbons (Fsp3) is 0.280. The van der Waals surface area contributed by atoms with E-state index in [4.69, 9.17) is 21.3 Å². The average Bonchev–Trinajstić information content (AvgIpc) is 3.62. The van der Waals surface area contributed by atoms with Crippen molar-refractivity contribution in [1.29, 1.82) is 0 Å². The summed E-state index contributed by atoms with van der Waals surface area (Å²) in [5.41, 5.74) is 1.69. The molecule has 1 aliphatic rings. The Morgan fingerprint density at radius 3 is 2.69 bits per heavy atom. The van der Waals surface area contributed by atoms with Crippen molar-refractivity contribution in [3.8, 4) is 5.75 Å². The first-order valence-corrected chi connectivity index (χ1v) is 15.0. The highest BCUT2D eigenvalue weighted by Gasteiger charge is 2.42. The lowest BCUT2D eigenvalue weighted by Gasteiger charge is -2.28. The minimum absolute atomic E-state index is 0.144. The maximum absolute atomic E-state index is 14.0. The Morgan fingerprint density at radius 2 is 1.97 bits per heavy atom. The van der Waals surface area contributed by atoms with E-state index in [1.165, 1.54) is 21.7 Å². The molecule has 5 rings (SSSR count). The molecule has 1 atom stereocenters. The minimum Gasteiger partial charge on any atom is -0.494 e. The Morgan fingerprint density at radius 1 is 1.17 bits per heavy atom. The summed E-state index contributed by atoms with van der Waals surface area (Å²) in [6.45, 7) is 3.04. The molecule has 0 N–H and O–H groups in total. The number of ether oxygens (including phenoxy) is 1. The van der Waals surface area contributed by atoms with Crippen LogP contribution in [-0.2, 0) is 21.4 Å². The number of carbonyl (C=O) groups excluding carboxylic acids is 1. The molecule has 4 aromatic rings. The number of thiazole rings is 1. The maximum Gasteiger partial charge on any atom is 0.253 e. The number of carbonyl (C=O) groups is 1. The summed E-state index contributed by atoms with van der Waals surface area (Å²) in [7, 11) is -3.85. The minimum atomic E-state index is -3.85. The van der Waals surface area contributed by atoms with Gasteiger partial charge in [0, 0.05) is 6.54 Å². The third-order valence-electron chi connectivity index (χ3n) is 5.94. The largest absolute Gasteiger partial charge is 0.494 e. The number of anilines is 1. The van der Waals surface area contributed by atoms with E-state index in [0.29, 0.717) is 28.9 Å². The topological polar surface area (TPSA) is 79.8 Å². The van der Waals surface area contributed by atoms with E-state index in [9.17, 15) is 13.2 Å². The highest BCUT2D eigenvalue weighted by Crippen LogP contribution is 2.36. The summed E-state index contributed by atoms with van der Waals surface area (Å²) < 4.78 is 35.2. The molecule has 0 aliphatic carbocycles. The number of halogens is 1. The van der Waals surface area contributed by atoms with Crippen molar-refractivity contribution in [1.82, 2.24) is 9.29 Å². The molecule has 2 aromatic heterocycles. The van der Waals surface area contributed by atoms with Gasteiger partial charge >= 0.3 is 0 Å². The van der Waals surface area contributed by atoms with Gasteiger partial charge in [-0.25, -0.2) is 13.4 Å². The van der Waals surface area contributed by atoms with Gasteiger partial charge < -0.3 is 4.74 Å². The molecule has 1 amide bonds. The van der Waals surface area contributed by atoms with E-state index in [2.05, 4.69) is 0 Å². The van der Waals surface area contributed by atoms with Crippen molar-refractivity contribution in [2.45, 2.75) is 36.6 Å². The van der Waals surface area contributed by atoms with Crippen molar-refractivity contribution >= 4 is 65.6 Å². The number of hydrogen-bond donors (Lipinski definition) is 0. The highest BCUT2D eigenvalue weighted by molar-refractivity contribution is 7.91. The van der Waals surface area contributed by atoms with E-state index in [-0.39, 0.29) is 23.2 Å². The summed E-state index contributed by atoms with van der Waals surface area (Å²) >= 11 is 8.40. The third kappa shape index (κ3) is 5.01. The number of fused-ring (bicyclic) bond motifs is 1. The van der Waals surface area contributed by atoms with E-state index in [0.717, 1.165) is 32.9 Å². The zero-order valence-corrected chi connectivity index (χ0v) is 22.7. The normalized spacial score (nSPS) is 16.4. The first-order chi connectivity index (χ1) is 17.4. The van der Waals surface area contributed by atoms with E-state index in [1.54, 1.807) is 11.0 Å². The van der Waals surface area contributed by atoms with Crippen LogP contribution in [0.15, 0.2) is 64.9 Å². The van der Waals surface area contributed by atoms with Gasteiger partial charge in [-0.15, -0.1) is 11.3 Å². The molecule has 0 saturated carbocycles. The lowest BCUT2D eigenvalue weighted by molar-refractivity contribution is -0.121. The number of thiophene rings is 1. The molecule has 11 heteroatoms. The van der Waals surface area contributed by atoms with Crippen LogP contribution < -0.4 is 9.64 Å². The molecule has 1 saturated heterocycles. The number of amides is 1. The van der Waals surface area contributed by atoms with Crippen molar-refractivity contribution in [3.63, 3.8) is 0 Å². The number of hydrogen-bond acceptors (Lipinski definition) is 7. The van der Waals surface area contributed by atoms with Gasteiger partial charge in [-0.3, -0.25) is 9.69 Å². The molecule has 0 spiro atoms. The summed E-state index contributed by atoms with van der Waals surface area (Å²) in [5, 5.41) is 0.524. The van der Waals surface area contributed by atoms with Crippen LogP contribution in [0, 0.1) is 0 Å². The monoisotopic (exact) mass is 561 g/mol. The Hall–Kier alpha value is -2.50. The molecule has 36 heavy (non-hydrogen) atoms. The molecule has 2 aromatic carbocycles. The predicted molar refractivity (Wildman–Crippen MR) is 145 cm³/mol. The van der Waals surface area contributed by atoms with Crippen LogP contribution in [0.25, 0.3) is 10.2 Å². The first kappa shape index (κ1) is 25.2. The summed E-state index contributed by atoms with van der Waals surface area (Å²) in [5.74, 6) is 0.454. The zero-order valence-electron chi connectivity index (χ0n) is 19.5. The standard InChI is InChI=1S/C25H24ClN3O4S3/c1-2-33-18-10-11-19-21(15-18)34-25(27-19)28(16-17-7-4-3-5-8-17)24(30)20-9-6-14-29(20)36(31,32)23-13-12-22(26)35-23/h3-5,7-8,10-13,15,20H,2,6,9,14,16H2,1H3. The number of nitrogens with zero attached hydrogens (tertiary/aromatic N) is 3. The number of rotatable bonds is 8. The fourth-order valence-corrected chi connectivity index (χ4v) is 8.54. The van der Waals surface area contributed by atoms with Crippen LogP contribution in [-0.4, -0.2) is 42.8 Å². The van der Waals surface area contributed by atoms with Crippen LogP contribution in [0.1, 0.15) is 25.3 Å². The molecule has 3 heterocycles. The van der Waals surface area contributed by atoms with Crippen LogP contribution in [0.3, 0.4) is 0 Å². The fourth-order valence-electron chi connectivity index (χ4n) is 4.28. The second kappa shape index (κ2) is 10.5. The molecule has 0 radical (unpaired) electrons. The Kier molecular flexibility index (Phi) is 7.32. The van der Waals surface area contributed by atoms with Crippen LogP contribution in [0.5, 0.6) is 5.75 Å². The van der Waals surface area contributed by atoms with Crippen molar-refractivity contribution < 1.29 is 17.9 Å². The van der Waals surface area contributed by atoms with Crippen molar-refractivity contribution in [2.75, 3.05) is 18.1 Å². The Balaban J connectivity index is 1.51. The average molecular weight is 562 g/mol. The molecular formula is C25H24ClN3O4S3. The summed E-state index contributed by atoms with van der Waals surface area (Å²) in [6.07, 6.45) is 1.05. The van der Waals surface area contributed by atoms with E-state index < -0.39 is 16.1 Å². The zero-order chi connectivity index (χ0) is 25.3. The Bertz CT molecular complexity index is 1490. The van der Waals surface area contributed by atoms with Crippen molar-refractivity contribution in [3.05, 3.63) is 70.6 Å². The smallest absolute Gasteiger partial charge is 0.253 e. The van der Waals surface area contributed by atoms with E-state index >= 15 is 0 Å². The van der Waals surface area contributed by atoms with Gasteiger partial charge in [-0.2, -0.15) is 4.31 Å². The van der Waals surface area contributed by atoms with Gasteiger partial charge in [0.1, 0.15) is 16.0 Å². The molecule has 7 nitrogen and oxygen atoms in total. The van der Waals surface area contributed by atoms with Crippen LogP contribution in [0.2, 0.25) is 4.34 Å². The lowest BCUT2D eigenvalue weighted by atomic mass is 10.1. The maximum atomic E-state index is 14.0. The number of sulfonamides is 1. The molecule has 1 unspecified atom stereocenters. The third-order valence-corrected chi connectivity index (χ3v) is 10.6. The second-order valence-electron chi connectivity index (χ2n) is 8.30. The van der Waals surface area contributed by atoms with E-state index in [1.807, 2.05) is 55.5 Å². The van der Waals surface area contributed by atoms with Gasteiger partial charge in [-0.1, -0.05) is 53.3 Å². The Labute approximate surface area is 223 Å². The quantitative estimate of drug-likeness (QED) is 0.272. The number of benzene rings is 2. The molecule has 0 bridgehead atoms. The molecule has 1 aliphatic heterocycles. The molecular weight excluding hydrogens is 538 g/mol. The van der Waals surface area contributed by atoms with Gasteiger partial charge in [0.25, 0.3) is 10.0 Å². The highest BCUT2D eigenvalue weighted by atomic mass is 35.5. The lowest BCUT2D eigenvalue weighted by Crippen LogP contribution is -2.47. The summed E-state index contributed by atoms with van der Waals surface area (Å²) in [6, 6.07) is 17.5. The van der Waals surface area contributed by atoms with Gasteiger partial charge in [0.05, 0.1) is 27.7 Å². The molecule has 1 fully saturated rings. The van der Waals surface area contributed by atoms with Crippen LogP contribution in [0.4, 0.5) is 5.13 Å². The second-order valence-corrected chi connectivity index (χ2v) is 13.1.